The summed E-state index contributed by atoms with van der Waals surface area (Å²) in [5, 5.41) is 9.31. The van der Waals surface area contributed by atoms with Crippen molar-refractivity contribution in [1.29, 1.82) is 5.26 Å². The van der Waals surface area contributed by atoms with Crippen molar-refractivity contribution in [3.63, 3.8) is 0 Å². The summed E-state index contributed by atoms with van der Waals surface area (Å²) in [7, 11) is 0. The van der Waals surface area contributed by atoms with Crippen LogP contribution >= 0.6 is 0 Å². The van der Waals surface area contributed by atoms with E-state index in [1.54, 1.807) is 12.5 Å². The molecular weight excluding hydrogens is 434 g/mol. The monoisotopic (exact) mass is 471 g/mol. The SMILES string of the molecule is CCCCCC(c1ccc(C#N)c(C)c1)N1CCN(CCOc2ccc(-n3ccnc3)cc2)CC1. The zero-order valence-corrected chi connectivity index (χ0v) is 21.1. The number of hydrogen-bond acceptors (Lipinski definition) is 5. The Morgan fingerprint density at radius 2 is 1.86 bits per heavy atom. The number of benzene rings is 2. The highest BCUT2D eigenvalue weighted by molar-refractivity contribution is 5.40. The first-order valence-corrected chi connectivity index (χ1v) is 12.9. The van der Waals surface area contributed by atoms with E-state index in [4.69, 9.17) is 4.74 Å². The van der Waals surface area contributed by atoms with Gasteiger partial charge in [-0.1, -0.05) is 38.3 Å². The Bertz CT molecular complexity index is 1080. The van der Waals surface area contributed by atoms with E-state index >= 15 is 0 Å². The standard InChI is InChI=1S/C29H37N5O/c1-3-4-5-6-29(25-7-8-26(22-30)24(2)21-25)33-17-15-32(16-18-33)19-20-35-28-11-9-27(10-12-28)34-14-13-31-23-34/h7-14,21,23,29H,3-6,15-20H2,1-2H3. The van der Waals surface area contributed by atoms with Crippen LogP contribution in [-0.2, 0) is 0 Å². The van der Waals surface area contributed by atoms with Gasteiger partial charge in [0.15, 0.2) is 0 Å². The molecule has 1 atom stereocenters. The Kier molecular flexibility index (Phi) is 8.94. The van der Waals surface area contributed by atoms with Gasteiger partial charge in [0, 0.05) is 56.8 Å². The van der Waals surface area contributed by atoms with Crippen molar-refractivity contribution in [2.45, 2.75) is 45.6 Å². The number of aromatic nitrogens is 2. The zero-order valence-electron chi connectivity index (χ0n) is 21.1. The lowest BCUT2D eigenvalue weighted by Gasteiger charge is -2.39. The first kappa shape index (κ1) is 25.0. The molecule has 0 spiro atoms. The average molecular weight is 472 g/mol. The summed E-state index contributed by atoms with van der Waals surface area (Å²) in [5.74, 6) is 0.902. The molecule has 0 aliphatic carbocycles. The van der Waals surface area contributed by atoms with Gasteiger partial charge in [-0.3, -0.25) is 9.80 Å². The van der Waals surface area contributed by atoms with Crippen LogP contribution in [0, 0.1) is 18.3 Å². The molecule has 0 N–H and O–H groups in total. The van der Waals surface area contributed by atoms with Crippen LogP contribution in [0.5, 0.6) is 5.75 Å². The van der Waals surface area contributed by atoms with Gasteiger partial charge in [-0.2, -0.15) is 5.26 Å². The van der Waals surface area contributed by atoms with Gasteiger partial charge in [-0.25, -0.2) is 4.98 Å². The highest BCUT2D eigenvalue weighted by Gasteiger charge is 2.25. The third kappa shape index (κ3) is 6.72. The number of rotatable bonds is 11. The van der Waals surface area contributed by atoms with Gasteiger partial charge in [0.2, 0.25) is 0 Å². The quantitative estimate of drug-likeness (QED) is 0.352. The van der Waals surface area contributed by atoms with Gasteiger partial charge in [0.05, 0.1) is 18.0 Å². The van der Waals surface area contributed by atoms with Crippen molar-refractivity contribution >= 4 is 0 Å². The summed E-state index contributed by atoms with van der Waals surface area (Å²) in [6.45, 7) is 10.2. The van der Waals surface area contributed by atoms with Crippen molar-refractivity contribution in [2.24, 2.45) is 0 Å². The van der Waals surface area contributed by atoms with E-state index < -0.39 is 0 Å². The maximum absolute atomic E-state index is 9.31. The van der Waals surface area contributed by atoms with Crippen LogP contribution in [0.25, 0.3) is 5.69 Å². The van der Waals surface area contributed by atoms with Crippen molar-refractivity contribution in [3.8, 4) is 17.5 Å². The number of nitriles is 1. The maximum Gasteiger partial charge on any atom is 0.119 e. The van der Waals surface area contributed by atoms with Crippen LogP contribution in [0.3, 0.4) is 0 Å². The number of ether oxygens (including phenoxy) is 1. The molecule has 1 aliphatic heterocycles. The van der Waals surface area contributed by atoms with Crippen LogP contribution in [0.4, 0.5) is 0 Å². The molecule has 0 saturated carbocycles. The molecule has 2 aromatic carbocycles. The molecule has 6 heteroatoms. The minimum Gasteiger partial charge on any atom is -0.492 e. The largest absolute Gasteiger partial charge is 0.492 e. The van der Waals surface area contributed by atoms with Crippen LogP contribution in [0.15, 0.2) is 61.2 Å². The third-order valence-electron chi connectivity index (χ3n) is 7.00. The Morgan fingerprint density at radius 3 is 2.51 bits per heavy atom. The average Bonchev–Trinajstić information content (AvgIpc) is 3.43. The fourth-order valence-electron chi connectivity index (χ4n) is 4.88. The van der Waals surface area contributed by atoms with Crippen molar-refractivity contribution in [1.82, 2.24) is 19.4 Å². The smallest absolute Gasteiger partial charge is 0.119 e. The zero-order chi connectivity index (χ0) is 24.5. The lowest BCUT2D eigenvalue weighted by molar-refractivity contribution is 0.0817. The number of aryl methyl sites for hydroxylation is 1. The summed E-state index contributed by atoms with van der Waals surface area (Å²) in [6, 6.07) is 17.3. The third-order valence-corrected chi connectivity index (χ3v) is 7.00. The number of imidazole rings is 1. The van der Waals surface area contributed by atoms with E-state index in [2.05, 4.69) is 52.0 Å². The molecule has 35 heavy (non-hydrogen) atoms. The van der Waals surface area contributed by atoms with Crippen LogP contribution in [0.2, 0.25) is 0 Å². The predicted molar refractivity (Wildman–Crippen MR) is 140 cm³/mol. The van der Waals surface area contributed by atoms with Gasteiger partial charge in [-0.15, -0.1) is 0 Å². The summed E-state index contributed by atoms with van der Waals surface area (Å²) in [4.78, 5) is 9.24. The van der Waals surface area contributed by atoms with Crippen LogP contribution in [-0.4, -0.2) is 58.7 Å². The molecule has 6 nitrogen and oxygen atoms in total. The lowest BCUT2D eigenvalue weighted by atomic mass is 9.95. The van der Waals surface area contributed by atoms with E-state index in [1.165, 1.54) is 31.2 Å². The second-order valence-electron chi connectivity index (χ2n) is 9.39. The van der Waals surface area contributed by atoms with E-state index in [0.29, 0.717) is 12.6 Å². The molecule has 1 unspecified atom stereocenters. The summed E-state index contributed by atoms with van der Waals surface area (Å²) in [6.07, 6.45) is 10.4. The second kappa shape index (κ2) is 12.5. The number of piperazine rings is 1. The molecule has 3 aromatic rings. The van der Waals surface area contributed by atoms with Gasteiger partial charge >= 0.3 is 0 Å². The fraction of sp³-hybridized carbons (Fsp3) is 0.448. The van der Waals surface area contributed by atoms with Crippen LogP contribution in [0.1, 0.15) is 55.3 Å². The fourth-order valence-corrected chi connectivity index (χ4v) is 4.88. The Morgan fingerprint density at radius 1 is 1.06 bits per heavy atom. The summed E-state index contributed by atoms with van der Waals surface area (Å²) >= 11 is 0. The first-order chi connectivity index (χ1) is 17.2. The van der Waals surface area contributed by atoms with Crippen molar-refractivity contribution in [2.75, 3.05) is 39.3 Å². The predicted octanol–water partition coefficient (Wildman–Crippen LogP) is 5.37. The lowest BCUT2D eigenvalue weighted by Crippen LogP contribution is -2.48. The van der Waals surface area contributed by atoms with Gasteiger partial charge in [-0.05, 0) is 54.8 Å². The maximum atomic E-state index is 9.31. The molecular formula is C29H37N5O. The Hall–Kier alpha value is -3.14. The van der Waals surface area contributed by atoms with E-state index in [0.717, 1.165) is 55.3 Å². The first-order valence-electron chi connectivity index (χ1n) is 12.9. The molecule has 184 valence electrons. The van der Waals surface area contributed by atoms with Gasteiger partial charge < -0.3 is 9.30 Å². The molecule has 1 aliphatic rings. The number of unbranched alkanes of at least 4 members (excludes halogenated alkanes) is 2. The molecule has 2 heterocycles. The molecule has 4 rings (SSSR count). The Balaban J connectivity index is 1.27. The van der Waals surface area contributed by atoms with Crippen molar-refractivity contribution in [3.05, 3.63) is 77.9 Å². The summed E-state index contributed by atoms with van der Waals surface area (Å²) in [5.41, 5.74) is 4.30. The molecule has 1 aromatic heterocycles. The minimum absolute atomic E-state index is 0.431. The van der Waals surface area contributed by atoms with Crippen molar-refractivity contribution < 1.29 is 4.74 Å². The molecule has 0 radical (unpaired) electrons. The van der Waals surface area contributed by atoms with Gasteiger partial charge in [0.25, 0.3) is 0 Å². The number of nitrogens with zero attached hydrogens (tertiary/aromatic N) is 5. The van der Waals surface area contributed by atoms with Gasteiger partial charge in [0.1, 0.15) is 12.4 Å². The topological polar surface area (TPSA) is 57.3 Å². The second-order valence-corrected chi connectivity index (χ2v) is 9.39. The molecule has 1 fully saturated rings. The summed E-state index contributed by atoms with van der Waals surface area (Å²) < 4.78 is 8.00. The highest BCUT2D eigenvalue weighted by Crippen LogP contribution is 2.29. The highest BCUT2D eigenvalue weighted by atomic mass is 16.5. The minimum atomic E-state index is 0.431. The molecule has 0 amide bonds. The van der Waals surface area contributed by atoms with E-state index in [1.807, 2.05) is 35.9 Å². The van der Waals surface area contributed by atoms with Crippen LogP contribution < -0.4 is 4.74 Å². The van der Waals surface area contributed by atoms with E-state index in [-0.39, 0.29) is 0 Å². The molecule has 0 bridgehead atoms. The van der Waals surface area contributed by atoms with E-state index in [9.17, 15) is 5.26 Å². The Labute approximate surface area is 209 Å². The molecule has 1 saturated heterocycles. The normalized spacial score (nSPS) is 15.6. The number of hydrogen-bond donors (Lipinski definition) is 0.